The molecule has 0 aliphatic rings. The molecule has 3 aromatic rings. The lowest BCUT2D eigenvalue weighted by Crippen LogP contribution is -1.84. The smallest absolute Gasteiger partial charge is 0.0702 e. The molecule has 0 saturated carbocycles. The summed E-state index contributed by atoms with van der Waals surface area (Å²) in [7, 11) is 0. The molecular weight excluding hydrogens is 232 g/mol. The molecule has 0 unspecified atom stereocenters. The molecule has 0 amide bonds. The molecule has 3 heteroatoms. The van der Waals surface area contributed by atoms with Crippen LogP contribution >= 0.6 is 11.6 Å². The first-order valence-corrected chi connectivity index (χ1v) is 5.66. The van der Waals surface area contributed by atoms with Crippen molar-refractivity contribution in [3.63, 3.8) is 0 Å². The Morgan fingerprint density at radius 1 is 0.882 bits per heavy atom. The van der Waals surface area contributed by atoms with Gasteiger partial charge in [-0.15, -0.1) is 0 Å². The molecule has 0 atom stereocenters. The Morgan fingerprint density at radius 3 is 2.59 bits per heavy atom. The number of aromatic nitrogens is 2. The van der Waals surface area contributed by atoms with Crippen molar-refractivity contribution in [2.24, 2.45) is 0 Å². The minimum Gasteiger partial charge on any atom is -0.263 e. The zero-order valence-electron chi connectivity index (χ0n) is 8.97. The van der Waals surface area contributed by atoms with Gasteiger partial charge < -0.3 is 0 Å². The number of para-hydroxylation sites is 1. The average molecular weight is 241 g/mol. The highest BCUT2D eigenvalue weighted by atomic mass is 35.5. The van der Waals surface area contributed by atoms with Gasteiger partial charge in [0.2, 0.25) is 0 Å². The van der Waals surface area contributed by atoms with Gasteiger partial charge in [0, 0.05) is 35.1 Å². The molecule has 17 heavy (non-hydrogen) atoms. The standard InChI is InChI=1S/C14H9ClN2/c15-13-6-12(7-16-9-13)11-5-10-3-1-2-4-14(10)17-8-11/h1-9H. The summed E-state index contributed by atoms with van der Waals surface area (Å²) >= 11 is 5.93. The summed E-state index contributed by atoms with van der Waals surface area (Å²) in [5.74, 6) is 0. The van der Waals surface area contributed by atoms with Gasteiger partial charge in [-0.1, -0.05) is 29.8 Å². The topological polar surface area (TPSA) is 25.8 Å². The SMILES string of the molecule is Clc1cncc(-c2cnc3ccccc3c2)c1. The highest BCUT2D eigenvalue weighted by molar-refractivity contribution is 6.30. The molecule has 0 radical (unpaired) electrons. The largest absolute Gasteiger partial charge is 0.263 e. The molecule has 2 nitrogen and oxygen atoms in total. The van der Waals surface area contributed by atoms with E-state index in [1.165, 1.54) is 0 Å². The van der Waals surface area contributed by atoms with E-state index in [0.29, 0.717) is 5.02 Å². The summed E-state index contributed by atoms with van der Waals surface area (Å²) in [5.41, 5.74) is 3.00. The molecule has 0 aliphatic carbocycles. The monoisotopic (exact) mass is 240 g/mol. The third-order valence-electron chi connectivity index (χ3n) is 2.63. The number of fused-ring (bicyclic) bond motifs is 1. The van der Waals surface area contributed by atoms with E-state index in [1.54, 1.807) is 12.4 Å². The maximum Gasteiger partial charge on any atom is 0.0702 e. The van der Waals surface area contributed by atoms with Crippen LogP contribution in [0.5, 0.6) is 0 Å². The second kappa shape index (κ2) is 4.15. The van der Waals surface area contributed by atoms with Crippen LogP contribution in [-0.2, 0) is 0 Å². The van der Waals surface area contributed by atoms with Crippen molar-refractivity contribution < 1.29 is 0 Å². The maximum absolute atomic E-state index is 5.93. The van der Waals surface area contributed by atoms with Crippen molar-refractivity contribution in [3.05, 3.63) is 60.0 Å². The molecular formula is C14H9ClN2. The quantitative estimate of drug-likeness (QED) is 0.644. The number of halogens is 1. The van der Waals surface area contributed by atoms with E-state index < -0.39 is 0 Å². The van der Waals surface area contributed by atoms with Gasteiger partial charge in [-0.05, 0) is 18.2 Å². The summed E-state index contributed by atoms with van der Waals surface area (Å²) in [6.07, 6.45) is 5.26. The summed E-state index contributed by atoms with van der Waals surface area (Å²) in [5, 5.41) is 1.75. The Morgan fingerprint density at radius 2 is 1.71 bits per heavy atom. The van der Waals surface area contributed by atoms with Crippen LogP contribution in [-0.4, -0.2) is 9.97 Å². The van der Waals surface area contributed by atoms with Crippen molar-refractivity contribution >= 4 is 22.5 Å². The predicted octanol–water partition coefficient (Wildman–Crippen LogP) is 3.95. The van der Waals surface area contributed by atoms with Crippen LogP contribution in [0.25, 0.3) is 22.0 Å². The van der Waals surface area contributed by atoms with Gasteiger partial charge in [-0.2, -0.15) is 0 Å². The van der Waals surface area contributed by atoms with Gasteiger partial charge in [0.25, 0.3) is 0 Å². The minimum atomic E-state index is 0.635. The van der Waals surface area contributed by atoms with Crippen molar-refractivity contribution in [1.82, 2.24) is 9.97 Å². The Hall–Kier alpha value is -1.93. The van der Waals surface area contributed by atoms with Gasteiger partial charge in [0.15, 0.2) is 0 Å². The van der Waals surface area contributed by atoms with E-state index in [-0.39, 0.29) is 0 Å². The fraction of sp³-hybridized carbons (Fsp3) is 0. The second-order valence-corrected chi connectivity index (χ2v) is 4.24. The highest BCUT2D eigenvalue weighted by Gasteiger charge is 2.01. The number of nitrogens with zero attached hydrogens (tertiary/aromatic N) is 2. The van der Waals surface area contributed by atoms with Crippen LogP contribution in [0, 0.1) is 0 Å². The average Bonchev–Trinajstić information content (AvgIpc) is 2.38. The summed E-state index contributed by atoms with van der Waals surface area (Å²) < 4.78 is 0. The van der Waals surface area contributed by atoms with Crippen LogP contribution in [0.3, 0.4) is 0 Å². The summed E-state index contributed by atoms with van der Waals surface area (Å²) in [6.45, 7) is 0. The lowest BCUT2D eigenvalue weighted by atomic mass is 10.1. The highest BCUT2D eigenvalue weighted by Crippen LogP contribution is 2.23. The molecule has 0 saturated heterocycles. The Bertz CT molecular complexity index is 680. The van der Waals surface area contributed by atoms with E-state index >= 15 is 0 Å². The second-order valence-electron chi connectivity index (χ2n) is 3.81. The Kier molecular flexibility index (Phi) is 2.50. The lowest BCUT2D eigenvalue weighted by molar-refractivity contribution is 1.32. The first-order chi connectivity index (χ1) is 8.33. The molecule has 1 aromatic carbocycles. The third kappa shape index (κ3) is 1.99. The molecule has 3 rings (SSSR count). The molecule has 0 fully saturated rings. The molecule has 0 bridgehead atoms. The molecule has 0 spiro atoms. The van der Waals surface area contributed by atoms with Crippen LogP contribution < -0.4 is 0 Å². The Labute approximate surface area is 104 Å². The zero-order chi connectivity index (χ0) is 11.7. The van der Waals surface area contributed by atoms with Crippen molar-refractivity contribution in [2.45, 2.75) is 0 Å². The number of hydrogen-bond acceptors (Lipinski definition) is 2. The number of rotatable bonds is 1. The van der Waals surface area contributed by atoms with Gasteiger partial charge >= 0.3 is 0 Å². The molecule has 2 aromatic heterocycles. The van der Waals surface area contributed by atoms with Crippen LogP contribution in [0.1, 0.15) is 0 Å². The zero-order valence-corrected chi connectivity index (χ0v) is 9.72. The summed E-state index contributed by atoms with van der Waals surface area (Å²) in [4.78, 5) is 8.50. The number of pyridine rings is 2. The maximum atomic E-state index is 5.93. The van der Waals surface area contributed by atoms with Crippen LogP contribution in [0.4, 0.5) is 0 Å². The predicted molar refractivity (Wildman–Crippen MR) is 70.0 cm³/mol. The fourth-order valence-corrected chi connectivity index (χ4v) is 1.97. The minimum absolute atomic E-state index is 0.635. The summed E-state index contributed by atoms with van der Waals surface area (Å²) in [6, 6.07) is 12.0. The fourth-order valence-electron chi connectivity index (χ4n) is 1.80. The van der Waals surface area contributed by atoms with E-state index in [0.717, 1.165) is 22.0 Å². The first-order valence-electron chi connectivity index (χ1n) is 5.29. The molecule has 0 N–H and O–H groups in total. The van der Waals surface area contributed by atoms with Gasteiger partial charge in [0.05, 0.1) is 10.5 Å². The first kappa shape index (κ1) is 10.2. The van der Waals surface area contributed by atoms with Gasteiger partial charge in [-0.25, -0.2) is 0 Å². The molecule has 82 valence electrons. The number of hydrogen-bond donors (Lipinski definition) is 0. The van der Waals surface area contributed by atoms with Gasteiger partial charge in [-0.3, -0.25) is 9.97 Å². The lowest BCUT2D eigenvalue weighted by Gasteiger charge is -2.03. The van der Waals surface area contributed by atoms with E-state index in [1.807, 2.05) is 36.5 Å². The normalized spacial score (nSPS) is 10.6. The van der Waals surface area contributed by atoms with Crippen molar-refractivity contribution in [3.8, 4) is 11.1 Å². The molecule has 2 heterocycles. The Balaban J connectivity index is 2.18. The van der Waals surface area contributed by atoms with Gasteiger partial charge in [0.1, 0.15) is 0 Å². The van der Waals surface area contributed by atoms with E-state index in [2.05, 4.69) is 16.0 Å². The van der Waals surface area contributed by atoms with Crippen molar-refractivity contribution in [1.29, 1.82) is 0 Å². The number of benzene rings is 1. The van der Waals surface area contributed by atoms with E-state index in [4.69, 9.17) is 11.6 Å². The van der Waals surface area contributed by atoms with E-state index in [9.17, 15) is 0 Å². The third-order valence-corrected chi connectivity index (χ3v) is 2.84. The van der Waals surface area contributed by atoms with Crippen LogP contribution in [0.2, 0.25) is 5.02 Å². The van der Waals surface area contributed by atoms with Crippen molar-refractivity contribution in [2.75, 3.05) is 0 Å². The van der Waals surface area contributed by atoms with Crippen LogP contribution in [0.15, 0.2) is 55.0 Å². The molecule has 0 aliphatic heterocycles.